The summed E-state index contributed by atoms with van der Waals surface area (Å²) in [6, 6.07) is 12.7. The summed E-state index contributed by atoms with van der Waals surface area (Å²) in [4.78, 5) is 29.5. The van der Waals surface area contributed by atoms with E-state index in [0.29, 0.717) is 22.6 Å². The van der Waals surface area contributed by atoms with Crippen LogP contribution >= 0.6 is 0 Å². The maximum atomic E-state index is 12.8. The normalized spacial score (nSPS) is 10.7. The minimum absolute atomic E-state index is 0.194. The zero-order valence-electron chi connectivity index (χ0n) is 15.8. The number of amides is 1. The number of methoxy groups -OCH3 is 2. The Bertz CT molecular complexity index is 1060. The van der Waals surface area contributed by atoms with E-state index in [9.17, 15) is 9.59 Å². The molecule has 1 N–H and O–H groups in total. The highest BCUT2D eigenvalue weighted by Gasteiger charge is 2.16. The number of benzene rings is 2. The van der Waals surface area contributed by atoms with Crippen molar-refractivity contribution < 1.29 is 14.3 Å². The molecule has 0 fully saturated rings. The Balaban J connectivity index is 1.86. The second-order valence-corrected chi connectivity index (χ2v) is 6.45. The molecule has 0 spiro atoms. The zero-order chi connectivity index (χ0) is 19.6. The van der Waals surface area contributed by atoms with Gasteiger partial charge in [-0.15, -0.1) is 0 Å². The highest BCUT2D eigenvalue weighted by molar-refractivity contribution is 5.94. The van der Waals surface area contributed by atoms with Gasteiger partial charge in [-0.25, -0.2) is 0 Å². The third-order valence-corrected chi connectivity index (χ3v) is 4.46. The van der Waals surface area contributed by atoms with Crippen LogP contribution in [0.1, 0.15) is 21.5 Å². The van der Waals surface area contributed by atoms with Gasteiger partial charge >= 0.3 is 0 Å². The number of fused-ring (bicyclic) bond motifs is 1. The monoisotopic (exact) mass is 366 g/mol. The summed E-state index contributed by atoms with van der Waals surface area (Å²) in [5.41, 5.74) is 2.66. The lowest BCUT2D eigenvalue weighted by atomic mass is 10.1. The molecule has 2 aromatic carbocycles. The van der Waals surface area contributed by atoms with E-state index in [1.54, 1.807) is 32.4 Å². The van der Waals surface area contributed by atoms with E-state index >= 15 is 0 Å². The molecule has 0 saturated heterocycles. The summed E-state index contributed by atoms with van der Waals surface area (Å²) in [7, 11) is 4.73. The third-order valence-electron chi connectivity index (χ3n) is 4.46. The molecule has 0 bridgehead atoms. The van der Waals surface area contributed by atoms with Gasteiger partial charge in [0.1, 0.15) is 0 Å². The van der Waals surface area contributed by atoms with Crippen molar-refractivity contribution in [2.75, 3.05) is 21.3 Å². The lowest BCUT2D eigenvalue weighted by molar-refractivity contribution is 0.0784. The van der Waals surface area contributed by atoms with Gasteiger partial charge in [0.05, 0.1) is 20.8 Å². The first-order chi connectivity index (χ1) is 12.9. The molecule has 6 nitrogen and oxygen atoms in total. The number of rotatable bonds is 5. The summed E-state index contributed by atoms with van der Waals surface area (Å²) in [5, 5.41) is 0.933. The molecule has 0 radical (unpaired) electrons. The van der Waals surface area contributed by atoms with Crippen molar-refractivity contribution >= 4 is 16.8 Å². The topological polar surface area (TPSA) is 71.6 Å². The van der Waals surface area contributed by atoms with Crippen molar-refractivity contribution in [3.63, 3.8) is 0 Å². The van der Waals surface area contributed by atoms with Crippen LogP contribution in [0.4, 0.5) is 0 Å². The fourth-order valence-corrected chi connectivity index (χ4v) is 2.99. The number of aromatic nitrogens is 1. The summed E-state index contributed by atoms with van der Waals surface area (Å²) >= 11 is 0. The van der Waals surface area contributed by atoms with E-state index in [4.69, 9.17) is 9.47 Å². The molecule has 27 heavy (non-hydrogen) atoms. The zero-order valence-corrected chi connectivity index (χ0v) is 15.8. The van der Waals surface area contributed by atoms with Crippen LogP contribution in [0.25, 0.3) is 10.9 Å². The van der Waals surface area contributed by atoms with Gasteiger partial charge in [0, 0.05) is 23.7 Å². The van der Waals surface area contributed by atoms with Crippen molar-refractivity contribution in [2.24, 2.45) is 0 Å². The average Bonchev–Trinajstić information content (AvgIpc) is 2.67. The molecule has 0 unspecified atom stereocenters. The van der Waals surface area contributed by atoms with E-state index in [0.717, 1.165) is 16.5 Å². The minimum Gasteiger partial charge on any atom is -0.493 e. The van der Waals surface area contributed by atoms with Crippen LogP contribution in [0.15, 0.2) is 47.3 Å². The minimum atomic E-state index is -0.209. The fourth-order valence-electron chi connectivity index (χ4n) is 2.99. The average molecular weight is 366 g/mol. The summed E-state index contributed by atoms with van der Waals surface area (Å²) in [6.07, 6.45) is 0. The Morgan fingerprint density at radius 1 is 1.04 bits per heavy atom. The van der Waals surface area contributed by atoms with Gasteiger partial charge in [-0.1, -0.05) is 12.1 Å². The summed E-state index contributed by atoms with van der Waals surface area (Å²) in [5.74, 6) is 0.827. The Labute approximate surface area is 157 Å². The van der Waals surface area contributed by atoms with Crippen LogP contribution in [-0.2, 0) is 6.54 Å². The molecule has 3 aromatic rings. The molecule has 1 heterocycles. The molecule has 1 amide bonds. The van der Waals surface area contributed by atoms with Gasteiger partial charge < -0.3 is 19.4 Å². The molecule has 0 saturated carbocycles. The number of nitrogens with one attached hydrogen (secondary N) is 1. The van der Waals surface area contributed by atoms with Crippen LogP contribution in [0.3, 0.4) is 0 Å². The maximum Gasteiger partial charge on any atom is 0.254 e. The highest BCUT2D eigenvalue weighted by atomic mass is 16.5. The van der Waals surface area contributed by atoms with E-state index in [2.05, 4.69) is 4.98 Å². The number of pyridine rings is 1. The third kappa shape index (κ3) is 3.79. The molecule has 1 aromatic heterocycles. The number of nitrogens with zero attached hydrogens (tertiary/aromatic N) is 1. The van der Waals surface area contributed by atoms with Gasteiger partial charge in [-0.05, 0) is 48.2 Å². The molecular formula is C21H22N2O4. The van der Waals surface area contributed by atoms with Crippen molar-refractivity contribution in [3.8, 4) is 11.5 Å². The molecule has 0 aliphatic rings. The molecule has 6 heteroatoms. The smallest absolute Gasteiger partial charge is 0.254 e. The number of hydrogen-bond acceptors (Lipinski definition) is 4. The maximum absolute atomic E-state index is 12.8. The number of hydrogen-bond donors (Lipinski definition) is 1. The molecule has 140 valence electrons. The molecular weight excluding hydrogens is 344 g/mol. The number of aryl methyl sites for hydroxylation is 1. The highest BCUT2D eigenvalue weighted by Crippen LogP contribution is 2.28. The Hall–Kier alpha value is -3.28. The van der Waals surface area contributed by atoms with Crippen molar-refractivity contribution in [2.45, 2.75) is 13.5 Å². The van der Waals surface area contributed by atoms with Crippen molar-refractivity contribution in [3.05, 3.63) is 69.5 Å². The number of H-pyrrole nitrogens is 1. The van der Waals surface area contributed by atoms with Crippen LogP contribution in [0.5, 0.6) is 11.5 Å². The second-order valence-electron chi connectivity index (χ2n) is 6.45. The molecule has 0 aliphatic heterocycles. The first kappa shape index (κ1) is 18.5. The van der Waals surface area contributed by atoms with E-state index < -0.39 is 0 Å². The van der Waals surface area contributed by atoms with Crippen LogP contribution in [-0.4, -0.2) is 37.1 Å². The fraction of sp³-hybridized carbons (Fsp3) is 0.238. The van der Waals surface area contributed by atoms with Gasteiger partial charge in [0.25, 0.3) is 11.5 Å². The summed E-state index contributed by atoms with van der Waals surface area (Å²) in [6.45, 7) is 2.17. The van der Waals surface area contributed by atoms with Gasteiger partial charge in [0.2, 0.25) is 0 Å². The Morgan fingerprint density at radius 2 is 1.78 bits per heavy atom. The number of carbonyl (C=O) groups excluding carboxylic acids is 1. The number of carbonyl (C=O) groups is 1. The lowest BCUT2D eigenvalue weighted by Gasteiger charge is -2.18. The quantitative estimate of drug-likeness (QED) is 0.753. The lowest BCUT2D eigenvalue weighted by Crippen LogP contribution is -2.29. The Kier molecular flexibility index (Phi) is 5.16. The predicted octanol–water partition coefficient (Wildman–Crippen LogP) is 3.13. The Morgan fingerprint density at radius 3 is 2.48 bits per heavy atom. The van der Waals surface area contributed by atoms with Gasteiger partial charge in [-0.2, -0.15) is 0 Å². The standard InChI is InChI=1S/C21H22N2O4/c1-13-5-6-14-10-16(20(24)22-17(14)9-13)12-23(2)21(25)15-7-8-18(26-3)19(11-15)27-4/h5-11H,12H2,1-4H3,(H,22,24). The van der Waals surface area contributed by atoms with Crippen LogP contribution < -0.4 is 15.0 Å². The van der Waals surface area contributed by atoms with Crippen LogP contribution in [0.2, 0.25) is 0 Å². The molecule has 3 rings (SSSR count). The molecule has 0 atom stereocenters. The largest absolute Gasteiger partial charge is 0.493 e. The van der Waals surface area contributed by atoms with Crippen molar-refractivity contribution in [1.82, 2.24) is 9.88 Å². The van der Waals surface area contributed by atoms with E-state index in [-0.39, 0.29) is 18.0 Å². The van der Waals surface area contributed by atoms with Crippen LogP contribution in [0, 0.1) is 6.92 Å². The molecule has 0 aliphatic carbocycles. The van der Waals surface area contributed by atoms with Gasteiger partial charge in [-0.3, -0.25) is 9.59 Å². The number of aromatic amines is 1. The van der Waals surface area contributed by atoms with Gasteiger partial charge in [0.15, 0.2) is 11.5 Å². The van der Waals surface area contributed by atoms with Crippen molar-refractivity contribution in [1.29, 1.82) is 0 Å². The SMILES string of the molecule is COc1ccc(C(=O)N(C)Cc2cc3ccc(C)cc3[nH]c2=O)cc1OC. The number of ether oxygens (including phenoxy) is 2. The van der Waals surface area contributed by atoms with E-state index in [1.807, 2.05) is 31.2 Å². The first-order valence-electron chi connectivity index (χ1n) is 8.53. The van der Waals surface area contributed by atoms with E-state index in [1.165, 1.54) is 12.0 Å². The predicted molar refractivity (Wildman–Crippen MR) is 105 cm³/mol. The summed E-state index contributed by atoms with van der Waals surface area (Å²) < 4.78 is 10.4. The first-order valence-corrected chi connectivity index (χ1v) is 8.53. The second kappa shape index (κ2) is 7.53.